The number of benzene rings is 1. The molecule has 0 unspecified atom stereocenters. The minimum absolute atomic E-state index is 0.00864. The maximum Gasteiger partial charge on any atom is 0.278 e. The van der Waals surface area contributed by atoms with Gasteiger partial charge in [0.05, 0.1) is 6.61 Å². The average molecular weight is 511 g/mol. The minimum atomic E-state index is -0.901. The highest BCUT2D eigenvalue weighted by Crippen LogP contribution is 2.31. The summed E-state index contributed by atoms with van der Waals surface area (Å²) in [5.74, 6) is -1.97. The Morgan fingerprint density at radius 2 is 1.86 bits per heavy atom. The summed E-state index contributed by atoms with van der Waals surface area (Å²) in [7, 11) is 0. The molecule has 4 heterocycles. The van der Waals surface area contributed by atoms with E-state index >= 15 is 0 Å². The number of hydrogen-bond acceptors (Lipinski definition) is 6. The molecule has 37 heavy (non-hydrogen) atoms. The molecule has 1 aromatic carbocycles. The van der Waals surface area contributed by atoms with Crippen molar-refractivity contribution < 1.29 is 23.8 Å². The lowest BCUT2D eigenvalue weighted by atomic mass is 10.1. The van der Waals surface area contributed by atoms with Crippen LogP contribution in [-0.2, 0) is 6.54 Å². The molecule has 2 amide bonds. The molecular weight excluding hydrogens is 479 g/mol. The molecule has 2 bridgehead atoms. The second-order valence-electron chi connectivity index (χ2n) is 9.59. The van der Waals surface area contributed by atoms with Crippen molar-refractivity contribution in [1.82, 2.24) is 14.9 Å². The zero-order chi connectivity index (χ0) is 25.9. The molecular formula is C27H31FN4O5. The van der Waals surface area contributed by atoms with Gasteiger partial charge in [0, 0.05) is 37.5 Å². The van der Waals surface area contributed by atoms with Crippen molar-refractivity contribution in [2.24, 2.45) is 0 Å². The van der Waals surface area contributed by atoms with Crippen LogP contribution in [0.1, 0.15) is 71.4 Å². The van der Waals surface area contributed by atoms with E-state index in [-0.39, 0.29) is 24.0 Å². The summed E-state index contributed by atoms with van der Waals surface area (Å²) in [5.41, 5.74) is -0.723. The van der Waals surface area contributed by atoms with Gasteiger partial charge in [-0.2, -0.15) is 0 Å². The van der Waals surface area contributed by atoms with Crippen molar-refractivity contribution in [3.8, 4) is 11.5 Å². The summed E-state index contributed by atoms with van der Waals surface area (Å²) < 4.78 is 21.1. The highest BCUT2D eigenvalue weighted by Gasteiger charge is 2.42. The second kappa shape index (κ2) is 10.7. The van der Waals surface area contributed by atoms with Gasteiger partial charge in [-0.25, -0.2) is 4.39 Å². The van der Waals surface area contributed by atoms with Gasteiger partial charge in [-0.15, -0.1) is 0 Å². The number of pyridine rings is 1. The van der Waals surface area contributed by atoms with Crippen molar-refractivity contribution in [3.05, 3.63) is 69.4 Å². The molecule has 196 valence electrons. The number of allylic oxidation sites excluding steroid dienone is 1. The maximum absolute atomic E-state index is 13.9. The van der Waals surface area contributed by atoms with Crippen molar-refractivity contribution in [3.63, 3.8) is 0 Å². The summed E-state index contributed by atoms with van der Waals surface area (Å²) in [6.45, 7) is 1.52. The van der Waals surface area contributed by atoms with Gasteiger partial charge in [0.1, 0.15) is 23.3 Å². The number of nitrogens with zero attached hydrogens (tertiary/aromatic N) is 3. The highest BCUT2D eigenvalue weighted by molar-refractivity contribution is 5.99. The molecule has 5 rings (SSSR count). The fourth-order valence-corrected chi connectivity index (χ4v) is 5.25. The average Bonchev–Trinajstić information content (AvgIpc) is 3.37. The van der Waals surface area contributed by atoms with Crippen molar-refractivity contribution >= 4 is 11.8 Å². The summed E-state index contributed by atoms with van der Waals surface area (Å²) in [5, 5.41) is 15.5. The number of aromatic hydroxyl groups is 1. The number of hydrogen-bond donors (Lipinski definition) is 2. The van der Waals surface area contributed by atoms with Crippen molar-refractivity contribution in [1.29, 1.82) is 0 Å². The predicted octanol–water partition coefficient (Wildman–Crippen LogP) is 3.04. The number of aromatic nitrogens is 1. The number of nitrogens with one attached hydrogen (secondary N) is 1. The van der Waals surface area contributed by atoms with Gasteiger partial charge in [-0.05, 0) is 44.6 Å². The topological polar surface area (TPSA) is 104 Å². The van der Waals surface area contributed by atoms with Crippen LogP contribution >= 0.6 is 0 Å². The number of carbonyl (C=O) groups is 2. The van der Waals surface area contributed by atoms with Crippen LogP contribution in [0.3, 0.4) is 0 Å². The number of ether oxygens (including phenoxy) is 1. The molecule has 1 saturated heterocycles. The summed E-state index contributed by atoms with van der Waals surface area (Å²) in [6.07, 6.45) is 11.3. The zero-order valence-corrected chi connectivity index (χ0v) is 20.6. The Labute approximate surface area is 214 Å². The Bertz CT molecular complexity index is 1290. The Hall–Kier alpha value is -3.82. The first-order valence-corrected chi connectivity index (χ1v) is 12.9. The van der Waals surface area contributed by atoms with Gasteiger partial charge >= 0.3 is 0 Å². The van der Waals surface area contributed by atoms with E-state index in [1.807, 2.05) is 11.1 Å². The fraction of sp³-hybridized carbons (Fsp3) is 0.444. The quantitative estimate of drug-likeness (QED) is 0.528. The third-order valence-corrected chi connectivity index (χ3v) is 7.15. The maximum atomic E-state index is 13.9. The van der Waals surface area contributed by atoms with Gasteiger partial charge < -0.3 is 20.1 Å². The minimum Gasteiger partial charge on any atom is -0.502 e. The first-order valence-electron chi connectivity index (χ1n) is 12.9. The first kappa shape index (κ1) is 24.9. The molecule has 1 atom stereocenters. The SMILES string of the molecule is O=C1NCc2ccc(F)cc2OCC/C=C/CCCCCN2[C@@H]3CCCN3C(=O)c3c(O)c(=O)c1cn32. The van der Waals surface area contributed by atoms with Crippen LogP contribution in [0.25, 0.3) is 0 Å². The highest BCUT2D eigenvalue weighted by atomic mass is 19.1. The summed E-state index contributed by atoms with van der Waals surface area (Å²) >= 11 is 0. The fourth-order valence-electron chi connectivity index (χ4n) is 5.25. The molecule has 2 N–H and O–H groups in total. The van der Waals surface area contributed by atoms with Gasteiger partial charge in [0.2, 0.25) is 5.43 Å². The second-order valence-corrected chi connectivity index (χ2v) is 9.59. The standard InChI is InChI=1S/C27H31FN4O5/c28-19-11-10-18-16-29-26(35)20-17-32-23(25(34)24(20)33)27(36)30-12-8-9-22(30)31(32)13-6-4-2-1-3-5-7-14-37-21(18)15-19/h3,5,10-11,15,17,22,34H,1-2,4,6-9,12-14,16H2,(H,29,35)/b5-3+/t22-/m1/s1. The molecule has 10 heteroatoms. The number of halogens is 1. The smallest absolute Gasteiger partial charge is 0.278 e. The van der Waals surface area contributed by atoms with E-state index in [9.17, 15) is 23.9 Å². The zero-order valence-electron chi connectivity index (χ0n) is 20.6. The van der Waals surface area contributed by atoms with Crippen LogP contribution in [-0.4, -0.2) is 52.4 Å². The van der Waals surface area contributed by atoms with Gasteiger partial charge in [0.15, 0.2) is 11.4 Å². The van der Waals surface area contributed by atoms with E-state index in [0.29, 0.717) is 37.4 Å². The predicted molar refractivity (Wildman–Crippen MR) is 135 cm³/mol. The molecule has 1 fully saturated rings. The molecule has 2 aromatic rings. The molecule has 9 nitrogen and oxygen atoms in total. The number of carbonyl (C=O) groups excluding carboxylic acids is 2. The van der Waals surface area contributed by atoms with Crippen LogP contribution in [0.15, 0.2) is 41.3 Å². The van der Waals surface area contributed by atoms with E-state index in [0.717, 1.165) is 38.5 Å². The van der Waals surface area contributed by atoms with Gasteiger partial charge in [0.25, 0.3) is 11.8 Å². The monoisotopic (exact) mass is 510 g/mol. The Kier molecular flexibility index (Phi) is 7.16. The first-order chi connectivity index (χ1) is 18.0. The third-order valence-electron chi connectivity index (χ3n) is 7.15. The molecule has 3 aliphatic rings. The molecule has 0 aliphatic carbocycles. The van der Waals surface area contributed by atoms with Crippen molar-refractivity contribution in [2.75, 3.05) is 24.7 Å². The van der Waals surface area contributed by atoms with Crippen LogP contribution in [0, 0.1) is 5.82 Å². The van der Waals surface area contributed by atoms with E-state index in [1.54, 1.807) is 4.90 Å². The van der Waals surface area contributed by atoms with E-state index in [1.165, 1.54) is 29.1 Å². The summed E-state index contributed by atoms with van der Waals surface area (Å²) in [4.78, 5) is 41.0. The van der Waals surface area contributed by atoms with E-state index < -0.39 is 28.8 Å². The summed E-state index contributed by atoms with van der Waals surface area (Å²) in [6, 6.07) is 4.07. The van der Waals surface area contributed by atoms with Gasteiger partial charge in [-0.1, -0.05) is 24.6 Å². The molecule has 1 aromatic heterocycles. The Balaban J connectivity index is 1.51. The largest absolute Gasteiger partial charge is 0.502 e. The van der Waals surface area contributed by atoms with Crippen LogP contribution in [0.2, 0.25) is 0 Å². The molecule has 0 saturated carbocycles. The lowest BCUT2D eigenvalue weighted by molar-refractivity contribution is 0.0643. The van der Waals surface area contributed by atoms with Crippen LogP contribution in [0.4, 0.5) is 4.39 Å². The van der Waals surface area contributed by atoms with Gasteiger partial charge in [-0.3, -0.25) is 24.1 Å². The molecule has 3 aliphatic heterocycles. The van der Waals surface area contributed by atoms with Crippen LogP contribution in [0.5, 0.6) is 11.5 Å². The normalized spacial score (nSPS) is 21.6. The lowest BCUT2D eigenvalue weighted by Crippen LogP contribution is -2.59. The molecule has 0 radical (unpaired) electrons. The van der Waals surface area contributed by atoms with E-state index in [2.05, 4.69) is 11.4 Å². The van der Waals surface area contributed by atoms with Crippen LogP contribution < -0.4 is 20.5 Å². The third kappa shape index (κ3) is 4.92. The Morgan fingerprint density at radius 3 is 2.73 bits per heavy atom. The Morgan fingerprint density at radius 1 is 1.03 bits per heavy atom. The number of fused-ring (bicyclic) bond motifs is 4. The number of amides is 2. The lowest BCUT2D eigenvalue weighted by Gasteiger charge is -2.43. The number of rotatable bonds is 0. The molecule has 0 spiro atoms. The van der Waals surface area contributed by atoms with Crippen molar-refractivity contribution in [2.45, 2.75) is 57.7 Å². The van der Waals surface area contributed by atoms with E-state index in [4.69, 9.17) is 4.74 Å².